The largest absolute Gasteiger partial charge is 0.495 e. The van der Waals surface area contributed by atoms with Crippen LogP contribution in [0.5, 0.6) is 5.75 Å². The highest BCUT2D eigenvalue weighted by atomic mass is 32.1. The van der Waals surface area contributed by atoms with Gasteiger partial charge in [0.2, 0.25) is 5.91 Å². The normalized spacial score (nSPS) is 10.9. The first kappa shape index (κ1) is 20.0. The Morgan fingerprint density at radius 1 is 1.21 bits per heavy atom. The monoisotopic (exact) mass is 399 g/mol. The van der Waals surface area contributed by atoms with Gasteiger partial charge in [-0.2, -0.15) is 0 Å². The number of nitrogens with zero attached hydrogens (tertiary/aromatic N) is 2. The first-order valence-corrected chi connectivity index (χ1v) is 9.82. The first-order valence-electron chi connectivity index (χ1n) is 8.94. The molecule has 1 heterocycles. The van der Waals surface area contributed by atoms with Gasteiger partial charge in [-0.1, -0.05) is 19.1 Å². The molecule has 5 nitrogen and oxygen atoms in total. The summed E-state index contributed by atoms with van der Waals surface area (Å²) < 4.78 is 18.3. The van der Waals surface area contributed by atoms with Crippen molar-refractivity contribution in [1.82, 2.24) is 9.88 Å². The van der Waals surface area contributed by atoms with Crippen molar-refractivity contribution < 1.29 is 13.9 Å². The number of ether oxygens (including phenoxy) is 1. The van der Waals surface area contributed by atoms with E-state index in [1.54, 1.807) is 25.3 Å². The van der Waals surface area contributed by atoms with E-state index >= 15 is 0 Å². The number of halogens is 1. The van der Waals surface area contributed by atoms with Gasteiger partial charge in [-0.3, -0.25) is 9.69 Å². The van der Waals surface area contributed by atoms with E-state index < -0.39 is 0 Å². The summed E-state index contributed by atoms with van der Waals surface area (Å²) >= 11 is 1.51. The number of hydrogen-bond acceptors (Lipinski definition) is 5. The Labute approximate surface area is 167 Å². The van der Waals surface area contributed by atoms with Crippen molar-refractivity contribution in [3.63, 3.8) is 0 Å². The van der Waals surface area contributed by atoms with Crippen LogP contribution >= 0.6 is 11.3 Å². The van der Waals surface area contributed by atoms with Gasteiger partial charge >= 0.3 is 0 Å². The van der Waals surface area contributed by atoms with Crippen molar-refractivity contribution in [2.24, 2.45) is 0 Å². The molecular weight excluding hydrogens is 377 g/mol. The van der Waals surface area contributed by atoms with Gasteiger partial charge in [0, 0.05) is 17.5 Å². The summed E-state index contributed by atoms with van der Waals surface area (Å²) in [6.07, 6.45) is 0. The Morgan fingerprint density at radius 2 is 1.96 bits per heavy atom. The Bertz CT molecular complexity index is 927. The lowest BCUT2D eigenvalue weighted by Crippen LogP contribution is -2.32. The number of carbonyl (C=O) groups is 1. The molecule has 0 unspecified atom stereocenters. The van der Waals surface area contributed by atoms with Gasteiger partial charge in [0.1, 0.15) is 16.6 Å². The zero-order valence-corrected chi connectivity index (χ0v) is 16.6. The molecule has 0 bridgehead atoms. The van der Waals surface area contributed by atoms with Gasteiger partial charge < -0.3 is 10.1 Å². The van der Waals surface area contributed by atoms with Crippen LogP contribution < -0.4 is 10.1 Å². The second-order valence-electron chi connectivity index (χ2n) is 6.20. The molecule has 1 N–H and O–H groups in total. The van der Waals surface area contributed by atoms with Crippen molar-refractivity contribution in [2.45, 2.75) is 13.5 Å². The van der Waals surface area contributed by atoms with Crippen molar-refractivity contribution in [1.29, 1.82) is 0 Å². The van der Waals surface area contributed by atoms with Crippen LogP contribution in [0, 0.1) is 5.82 Å². The lowest BCUT2D eigenvalue weighted by molar-refractivity contribution is -0.117. The van der Waals surface area contributed by atoms with Gasteiger partial charge in [-0.25, -0.2) is 9.37 Å². The number of benzene rings is 2. The van der Waals surface area contributed by atoms with Crippen LogP contribution in [-0.2, 0) is 11.3 Å². The minimum Gasteiger partial charge on any atom is -0.495 e. The Hall–Kier alpha value is -2.77. The highest BCUT2D eigenvalue weighted by Crippen LogP contribution is 2.25. The van der Waals surface area contributed by atoms with Crippen molar-refractivity contribution in [2.75, 3.05) is 25.5 Å². The van der Waals surface area contributed by atoms with Crippen molar-refractivity contribution >= 4 is 22.9 Å². The maximum atomic E-state index is 13.1. The quantitative estimate of drug-likeness (QED) is 0.609. The SMILES string of the molecule is CCN(CC(=O)Nc1ccccc1OC)Cc1csc(-c2ccc(F)cc2)n1. The molecule has 0 saturated carbocycles. The van der Waals surface area contributed by atoms with Crippen LogP contribution in [0.1, 0.15) is 12.6 Å². The van der Waals surface area contributed by atoms with Crippen LogP contribution in [0.4, 0.5) is 10.1 Å². The third-order valence-corrected chi connectivity index (χ3v) is 5.16. The summed E-state index contributed by atoms with van der Waals surface area (Å²) in [7, 11) is 1.57. The van der Waals surface area contributed by atoms with E-state index in [4.69, 9.17) is 4.74 Å². The number of thiazole rings is 1. The Morgan fingerprint density at radius 3 is 2.68 bits per heavy atom. The number of anilines is 1. The summed E-state index contributed by atoms with van der Waals surface area (Å²) in [4.78, 5) is 19.1. The highest BCUT2D eigenvalue weighted by Gasteiger charge is 2.14. The topological polar surface area (TPSA) is 54.5 Å². The molecule has 0 fully saturated rings. The molecule has 1 aromatic heterocycles. The number of hydrogen-bond donors (Lipinski definition) is 1. The molecule has 0 radical (unpaired) electrons. The minimum atomic E-state index is -0.265. The van der Waals surface area contributed by atoms with Crippen molar-refractivity contribution in [3.05, 3.63) is 65.4 Å². The number of methoxy groups -OCH3 is 1. The first-order chi connectivity index (χ1) is 13.6. The van der Waals surface area contributed by atoms with Crippen molar-refractivity contribution in [3.8, 4) is 16.3 Å². The average molecular weight is 399 g/mol. The predicted octanol–water partition coefficient (Wildman–Crippen LogP) is 4.42. The van der Waals surface area contributed by atoms with Gasteiger partial charge in [0.25, 0.3) is 0 Å². The molecule has 3 rings (SSSR count). The number of nitrogens with one attached hydrogen (secondary N) is 1. The van der Waals surface area contributed by atoms with Crippen LogP contribution in [0.3, 0.4) is 0 Å². The zero-order chi connectivity index (χ0) is 19.9. The standard InChI is InChI=1S/C21H22FN3O2S/c1-3-25(13-20(26)24-18-6-4-5-7-19(18)27-2)12-17-14-28-21(23-17)15-8-10-16(22)11-9-15/h4-11,14H,3,12-13H2,1-2H3,(H,24,26). The average Bonchev–Trinajstić information content (AvgIpc) is 3.17. The Kier molecular flexibility index (Phi) is 6.73. The number of likely N-dealkylation sites (N-methyl/N-ethyl adjacent to an activating group) is 1. The predicted molar refractivity (Wildman–Crippen MR) is 110 cm³/mol. The van der Waals surface area contributed by atoms with Gasteiger partial charge in [0.15, 0.2) is 0 Å². The second kappa shape index (κ2) is 9.43. The molecule has 0 spiro atoms. The molecule has 7 heteroatoms. The summed E-state index contributed by atoms with van der Waals surface area (Å²) in [6, 6.07) is 13.6. The lowest BCUT2D eigenvalue weighted by Gasteiger charge is -2.19. The second-order valence-corrected chi connectivity index (χ2v) is 7.06. The van der Waals surface area contributed by atoms with E-state index in [1.165, 1.54) is 23.5 Å². The maximum Gasteiger partial charge on any atom is 0.238 e. The van der Waals surface area contributed by atoms with Gasteiger partial charge in [0.05, 0.1) is 25.0 Å². The van der Waals surface area contributed by atoms with Crippen LogP contribution in [0.15, 0.2) is 53.9 Å². The number of amides is 1. The maximum absolute atomic E-state index is 13.1. The number of rotatable bonds is 8. The molecule has 2 aromatic carbocycles. The smallest absolute Gasteiger partial charge is 0.238 e. The van der Waals surface area contributed by atoms with Crippen LogP contribution in [0.25, 0.3) is 10.6 Å². The molecule has 0 aliphatic carbocycles. The van der Waals surface area contributed by atoms with E-state index in [1.807, 2.05) is 35.4 Å². The molecule has 0 aliphatic heterocycles. The van der Waals surface area contributed by atoms with E-state index in [9.17, 15) is 9.18 Å². The Balaban J connectivity index is 1.61. The fourth-order valence-corrected chi connectivity index (χ4v) is 3.57. The molecule has 0 atom stereocenters. The van der Waals surface area contributed by atoms with E-state index in [-0.39, 0.29) is 18.3 Å². The third kappa shape index (κ3) is 5.15. The number of carbonyl (C=O) groups excluding carboxylic acids is 1. The molecule has 3 aromatic rings. The van der Waals surface area contributed by atoms with Crippen LogP contribution in [0.2, 0.25) is 0 Å². The molecular formula is C21H22FN3O2S. The van der Waals surface area contributed by atoms with E-state index in [2.05, 4.69) is 10.3 Å². The van der Waals surface area contributed by atoms with E-state index in [0.717, 1.165) is 16.3 Å². The molecule has 28 heavy (non-hydrogen) atoms. The van der Waals surface area contributed by atoms with E-state index in [0.29, 0.717) is 24.5 Å². The highest BCUT2D eigenvalue weighted by molar-refractivity contribution is 7.13. The summed E-state index contributed by atoms with van der Waals surface area (Å²) in [5.74, 6) is 0.251. The summed E-state index contributed by atoms with van der Waals surface area (Å²) in [6.45, 7) is 3.53. The number of aromatic nitrogens is 1. The third-order valence-electron chi connectivity index (χ3n) is 4.22. The number of para-hydroxylation sites is 2. The van der Waals surface area contributed by atoms with Crippen LogP contribution in [-0.4, -0.2) is 36.0 Å². The summed E-state index contributed by atoms with van der Waals surface area (Å²) in [5, 5.41) is 5.70. The molecule has 146 valence electrons. The van der Waals surface area contributed by atoms with Gasteiger partial charge in [-0.15, -0.1) is 11.3 Å². The molecule has 1 amide bonds. The molecule has 0 saturated heterocycles. The van der Waals surface area contributed by atoms with Gasteiger partial charge in [-0.05, 0) is 42.9 Å². The molecule has 0 aliphatic rings. The zero-order valence-electron chi connectivity index (χ0n) is 15.8. The lowest BCUT2D eigenvalue weighted by atomic mass is 10.2. The fourth-order valence-electron chi connectivity index (χ4n) is 2.75. The minimum absolute atomic E-state index is 0.111. The fraction of sp³-hybridized carbons (Fsp3) is 0.238. The summed E-state index contributed by atoms with van der Waals surface area (Å²) in [5.41, 5.74) is 2.42.